The summed E-state index contributed by atoms with van der Waals surface area (Å²) >= 11 is 1.90. The zero-order chi connectivity index (χ0) is 47.8. The second-order valence-corrected chi connectivity index (χ2v) is 23.3. The van der Waals surface area contributed by atoms with E-state index in [4.69, 9.17) is 0 Å². The Kier molecular flexibility index (Phi) is 11.1. The second kappa shape index (κ2) is 18.5. The van der Waals surface area contributed by atoms with Crippen molar-refractivity contribution in [2.24, 2.45) is 0 Å². The molecule has 0 saturated carbocycles. The van der Waals surface area contributed by atoms with Crippen LogP contribution in [0.5, 0.6) is 0 Å². The Morgan fingerprint density at radius 3 is 1.10 bits per heavy atom. The highest BCUT2D eigenvalue weighted by Gasteiger charge is 2.41. The summed E-state index contributed by atoms with van der Waals surface area (Å²) in [5, 5.41) is 13.2. The van der Waals surface area contributed by atoms with Crippen LogP contribution >= 0.6 is 11.3 Å². The Morgan fingerprint density at radius 1 is 0.250 bits per heavy atom. The van der Waals surface area contributed by atoms with E-state index in [1.54, 1.807) is 0 Å². The van der Waals surface area contributed by atoms with E-state index in [0.717, 1.165) is 39.7 Å². The van der Waals surface area contributed by atoms with E-state index in [2.05, 4.69) is 301 Å². The number of anilines is 6. The molecule has 12 aromatic carbocycles. The molecule has 13 rings (SSSR count). The Hall–Kier alpha value is -8.80. The van der Waals surface area contributed by atoms with Gasteiger partial charge in [0.15, 0.2) is 8.07 Å². The topological polar surface area (TPSA) is 6.48 Å². The number of nitrogens with zero attached hydrogens (tertiary/aromatic N) is 2. The van der Waals surface area contributed by atoms with E-state index in [0.29, 0.717) is 0 Å². The lowest BCUT2D eigenvalue weighted by molar-refractivity contribution is 1.25. The lowest BCUT2D eigenvalue weighted by Gasteiger charge is -2.35. The zero-order valence-electron chi connectivity index (χ0n) is 39.5. The summed E-state index contributed by atoms with van der Waals surface area (Å²) < 4.78 is 2.61. The molecule has 0 bridgehead atoms. The quantitative estimate of drug-likeness (QED) is 0.0724. The van der Waals surface area contributed by atoms with Crippen LogP contribution in [0, 0.1) is 0 Å². The molecule has 0 saturated heterocycles. The summed E-state index contributed by atoms with van der Waals surface area (Å²) in [5.74, 6) is 0. The molecule has 0 atom stereocenters. The molecule has 4 heteroatoms. The first-order valence-corrected chi connectivity index (χ1v) is 27.5. The predicted molar refractivity (Wildman–Crippen MR) is 313 cm³/mol. The molecule has 0 spiro atoms. The molecule has 1 heterocycles. The van der Waals surface area contributed by atoms with Gasteiger partial charge < -0.3 is 9.80 Å². The molecule has 72 heavy (non-hydrogen) atoms. The maximum Gasteiger partial charge on any atom is 0.179 e. The minimum atomic E-state index is -2.76. The summed E-state index contributed by atoms with van der Waals surface area (Å²) in [6, 6.07) is 107. The number of fused-ring (bicyclic) bond motifs is 8. The van der Waals surface area contributed by atoms with Gasteiger partial charge in [-0.3, -0.25) is 0 Å². The molecule has 2 nitrogen and oxygen atoms in total. The van der Waals surface area contributed by atoms with Gasteiger partial charge in [0.1, 0.15) is 0 Å². The summed E-state index contributed by atoms with van der Waals surface area (Å²) in [7, 11) is -2.76. The number of thiophene rings is 1. The van der Waals surface area contributed by atoms with Crippen molar-refractivity contribution in [2.45, 2.75) is 0 Å². The maximum absolute atomic E-state index is 2.76. The van der Waals surface area contributed by atoms with Gasteiger partial charge in [0.05, 0.1) is 0 Å². The normalized spacial score (nSPS) is 11.6. The van der Waals surface area contributed by atoms with Crippen LogP contribution < -0.4 is 30.5 Å². The van der Waals surface area contributed by atoms with E-state index in [1.807, 2.05) is 11.3 Å². The Labute approximate surface area is 425 Å². The van der Waals surface area contributed by atoms with Gasteiger partial charge in [-0.15, -0.1) is 11.3 Å². The van der Waals surface area contributed by atoms with Crippen LogP contribution in [0.4, 0.5) is 34.1 Å². The summed E-state index contributed by atoms with van der Waals surface area (Å²) in [4.78, 5) is 4.81. The lowest BCUT2D eigenvalue weighted by atomic mass is 9.96. The van der Waals surface area contributed by atoms with Gasteiger partial charge in [0.2, 0.25) is 0 Å². The van der Waals surface area contributed by atoms with Gasteiger partial charge in [-0.25, -0.2) is 0 Å². The number of hydrogen-bond acceptors (Lipinski definition) is 3. The van der Waals surface area contributed by atoms with Crippen molar-refractivity contribution in [1.29, 1.82) is 0 Å². The van der Waals surface area contributed by atoms with Gasteiger partial charge in [0, 0.05) is 59.7 Å². The standard InChI is InChI=1S/C68H48N2SSi/c1-7-23-51(24-8-1)69(52-25-9-2-10-26-52)55-45-50(49-39-44-65-66(47-49)71-68-64-38-22-20-36-62(64)61-35-19-21-37-63(61)67(65)68)46-56(48-55)70(53-27-11-3-12-28-53)54-40-42-60(43-41-54)72(57-29-13-4-14-30-57,58-31-15-5-16-32-58)59-33-17-6-18-34-59/h1-48H. The van der Waals surface area contributed by atoms with Crippen molar-refractivity contribution < 1.29 is 0 Å². The predicted octanol–water partition coefficient (Wildman–Crippen LogP) is 16.3. The van der Waals surface area contributed by atoms with Gasteiger partial charge in [-0.1, -0.05) is 218 Å². The molecule has 1 aromatic heterocycles. The van der Waals surface area contributed by atoms with Crippen molar-refractivity contribution in [3.8, 4) is 11.1 Å². The summed E-state index contributed by atoms with van der Waals surface area (Å²) in [5.41, 5.74) is 8.76. The molecule has 340 valence electrons. The fraction of sp³-hybridized carbons (Fsp3) is 0. The molecular weight excluding hydrogens is 905 g/mol. The third-order valence-electron chi connectivity index (χ3n) is 14.3. The molecule has 0 aliphatic heterocycles. The second-order valence-electron chi connectivity index (χ2n) is 18.4. The van der Waals surface area contributed by atoms with E-state index < -0.39 is 8.07 Å². The fourth-order valence-corrected chi connectivity index (χ4v) is 17.2. The van der Waals surface area contributed by atoms with Crippen LogP contribution in [-0.4, -0.2) is 8.07 Å². The van der Waals surface area contributed by atoms with Gasteiger partial charge in [-0.05, 0) is 121 Å². The van der Waals surface area contributed by atoms with Crippen molar-refractivity contribution in [3.63, 3.8) is 0 Å². The molecule has 0 aliphatic carbocycles. The number of benzene rings is 12. The van der Waals surface area contributed by atoms with Gasteiger partial charge >= 0.3 is 0 Å². The number of rotatable bonds is 11. The first kappa shape index (κ1) is 43.2. The van der Waals surface area contributed by atoms with Crippen LogP contribution in [0.15, 0.2) is 291 Å². The molecule has 0 amide bonds. The van der Waals surface area contributed by atoms with Crippen molar-refractivity contribution in [2.75, 3.05) is 9.80 Å². The molecule has 0 unspecified atom stereocenters. The first-order valence-electron chi connectivity index (χ1n) is 24.7. The Bertz CT molecular complexity index is 3880. The van der Waals surface area contributed by atoms with Crippen molar-refractivity contribution in [3.05, 3.63) is 291 Å². The van der Waals surface area contributed by atoms with Crippen LogP contribution in [0.1, 0.15) is 0 Å². The fourth-order valence-electron chi connectivity index (χ4n) is 11.2. The van der Waals surface area contributed by atoms with E-state index >= 15 is 0 Å². The van der Waals surface area contributed by atoms with Crippen LogP contribution in [0.2, 0.25) is 0 Å². The van der Waals surface area contributed by atoms with E-state index in [9.17, 15) is 0 Å². The van der Waals surface area contributed by atoms with Crippen molar-refractivity contribution in [1.82, 2.24) is 0 Å². The van der Waals surface area contributed by atoms with Crippen LogP contribution in [0.25, 0.3) is 52.8 Å². The monoisotopic (exact) mass is 952 g/mol. The van der Waals surface area contributed by atoms with Gasteiger partial charge in [-0.2, -0.15) is 0 Å². The molecule has 0 radical (unpaired) electrons. The minimum Gasteiger partial charge on any atom is -0.310 e. The lowest BCUT2D eigenvalue weighted by Crippen LogP contribution is -2.74. The van der Waals surface area contributed by atoms with Crippen molar-refractivity contribution >= 4 is 116 Å². The molecule has 0 fully saturated rings. The summed E-state index contributed by atoms with van der Waals surface area (Å²) in [6.07, 6.45) is 0. The maximum atomic E-state index is 2.43. The largest absolute Gasteiger partial charge is 0.310 e. The number of hydrogen-bond donors (Lipinski definition) is 0. The van der Waals surface area contributed by atoms with Gasteiger partial charge in [0.25, 0.3) is 0 Å². The zero-order valence-corrected chi connectivity index (χ0v) is 41.3. The molecule has 0 aliphatic rings. The Balaban J connectivity index is 1.03. The molecular formula is C68H48N2SSi. The van der Waals surface area contributed by atoms with Crippen LogP contribution in [0.3, 0.4) is 0 Å². The number of para-hydroxylation sites is 3. The third kappa shape index (κ3) is 7.48. The minimum absolute atomic E-state index is 1.06. The highest BCUT2D eigenvalue weighted by Crippen LogP contribution is 2.47. The van der Waals surface area contributed by atoms with E-state index in [1.165, 1.54) is 68.0 Å². The summed E-state index contributed by atoms with van der Waals surface area (Å²) in [6.45, 7) is 0. The first-order chi connectivity index (χ1) is 35.7. The molecule has 0 N–H and O–H groups in total. The smallest absolute Gasteiger partial charge is 0.179 e. The average Bonchev–Trinajstić information content (AvgIpc) is 3.85. The SMILES string of the molecule is c1ccc(N(c2ccccc2)c2cc(-c3ccc4c(c3)sc3c5ccccc5c5ccccc5c43)cc(N(c3ccccc3)c3ccc([Si](c4ccccc4)(c4ccccc4)c4ccccc4)cc3)c2)cc1. The molecule has 13 aromatic rings. The Morgan fingerprint density at radius 2 is 0.625 bits per heavy atom. The van der Waals surface area contributed by atoms with Crippen LogP contribution in [-0.2, 0) is 0 Å². The van der Waals surface area contributed by atoms with E-state index in [-0.39, 0.29) is 0 Å². The highest BCUT2D eigenvalue weighted by molar-refractivity contribution is 7.27. The third-order valence-corrected chi connectivity index (χ3v) is 20.3. The average molecular weight is 953 g/mol. The highest BCUT2D eigenvalue weighted by atomic mass is 32.1.